The van der Waals surface area contributed by atoms with E-state index in [1.807, 2.05) is 34.6 Å². The average Bonchev–Trinajstić information content (AvgIpc) is 2.81. The van der Waals surface area contributed by atoms with Gasteiger partial charge in [0.25, 0.3) is 0 Å². The third-order valence-corrected chi connectivity index (χ3v) is 3.98. The van der Waals surface area contributed by atoms with Gasteiger partial charge in [-0.2, -0.15) is 0 Å². The highest BCUT2D eigenvalue weighted by Crippen LogP contribution is 2.21. The summed E-state index contributed by atoms with van der Waals surface area (Å²) in [5.41, 5.74) is 0.383. The zero-order chi connectivity index (χ0) is 19.2. The minimum absolute atomic E-state index is 0.0203. The Hall–Kier alpha value is -1.96. The number of carbonyl (C=O) groups is 3. The molecule has 0 saturated carbocycles. The molecule has 0 spiro atoms. The van der Waals surface area contributed by atoms with Gasteiger partial charge < -0.3 is 15.7 Å². The Morgan fingerprint density at radius 3 is 2.40 bits per heavy atom. The Labute approximate surface area is 152 Å². The van der Waals surface area contributed by atoms with E-state index in [2.05, 4.69) is 15.6 Å². The SMILES string of the molecule is CC(C)CC(NC(=O)Cc1csc(NC(=O)CC(C)(C)C)n1)C(=O)O. The van der Waals surface area contributed by atoms with Crippen molar-refractivity contribution >= 4 is 34.3 Å². The highest BCUT2D eigenvalue weighted by atomic mass is 32.1. The Bertz CT molecular complexity index is 620. The first-order chi connectivity index (χ1) is 11.5. The Balaban J connectivity index is 2.57. The molecular weight excluding hydrogens is 342 g/mol. The number of aromatic nitrogens is 1. The third kappa shape index (κ3) is 8.62. The van der Waals surface area contributed by atoms with Crippen molar-refractivity contribution in [3.05, 3.63) is 11.1 Å². The van der Waals surface area contributed by atoms with Crippen molar-refractivity contribution in [2.75, 3.05) is 5.32 Å². The van der Waals surface area contributed by atoms with Crippen molar-refractivity contribution in [3.63, 3.8) is 0 Å². The Morgan fingerprint density at radius 1 is 1.24 bits per heavy atom. The van der Waals surface area contributed by atoms with Crippen LogP contribution in [0.4, 0.5) is 5.13 Å². The molecule has 0 fully saturated rings. The van der Waals surface area contributed by atoms with Crippen LogP contribution in [0, 0.1) is 11.3 Å². The van der Waals surface area contributed by atoms with Crippen LogP contribution in [0.3, 0.4) is 0 Å². The summed E-state index contributed by atoms with van der Waals surface area (Å²) in [5, 5.41) is 16.5. The van der Waals surface area contributed by atoms with Crippen molar-refractivity contribution in [1.29, 1.82) is 0 Å². The molecule has 140 valence electrons. The van der Waals surface area contributed by atoms with Crippen molar-refractivity contribution in [3.8, 4) is 0 Å². The van der Waals surface area contributed by atoms with Crippen LogP contribution in [0.15, 0.2) is 5.38 Å². The first-order valence-corrected chi connectivity index (χ1v) is 9.10. The summed E-state index contributed by atoms with van der Waals surface area (Å²) in [6.07, 6.45) is 0.720. The first-order valence-electron chi connectivity index (χ1n) is 8.22. The molecule has 7 nitrogen and oxygen atoms in total. The van der Waals surface area contributed by atoms with Gasteiger partial charge in [-0.05, 0) is 17.8 Å². The summed E-state index contributed by atoms with van der Waals surface area (Å²) in [6.45, 7) is 9.71. The molecule has 0 saturated heterocycles. The number of nitrogens with one attached hydrogen (secondary N) is 2. The van der Waals surface area contributed by atoms with Crippen LogP contribution >= 0.6 is 11.3 Å². The summed E-state index contributed by atoms with van der Waals surface area (Å²) in [7, 11) is 0. The van der Waals surface area contributed by atoms with Gasteiger partial charge in [-0.15, -0.1) is 11.3 Å². The second kappa shape index (κ2) is 8.94. The summed E-state index contributed by atoms with van der Waals surface area (Å²) in [4.78, 5) is 39.3. The van der Waals surface area contributed by atoms with Gasteiger partial charge in [-0.25, -0.2) is 9.78 Å². The average molecular weight is 369 g/mol. The van der Waals surface area contributed by atoms with Crippen molar-refractivity contribution in [1.82, 2.24) is 10.3 Å². The molecule has 1 heterocycles. The molecule has 0 bridgehead atoms. The maximum Gasteiger partial charge on any atom is 0.326 e. The summed E-state index contributed by atoms with van der Waals surface area (Å²) in [5.74, 6) is -1.41. The minimum atomic E-state index is -1.05. The molecule has 0 radical (unpaired) electrons. The molecule has 0 aliphatic rings. The van der Waals surface area contributed by atoms with Gasteiger partial charge in [-0.1, -0.05) is 34.6 Å². The molecule has 8 heteroatoms. The van der Waals surface area contributed by atoms with Gasteiger partial charge >= 0.3 is 5.97 Å². The smallest absolute Gasteiger partial charge is 0.326 e. The lowest BCUT2D eigenvalue weighted by Crippen LogP contribution is -2.42. The predicted molar refractivity (Wildman–Crippen MR) is 97.5 cm³/mol. The van der Waals surface area contributed by atoms with Gasteiger partial charge in [0.1, 0.15) is 6.04 Å². The van der Waals surface area contributed by atoms with E-state index in [-0.39, 0.29) is 23.7 Å². The van der Waals surface area contributed by atoms with Crippen LogP contribution in [0.1, 0.15) is 53.2 Å². The van der Waals surface area contributed by atoms with Crippen LogP contribution in [0.5, 0.6) is 0 Å². The number of hydrogen-bond acceptors (Lipinski definition) is 5. The summed E-state index contributed by atoms with van der Waals surface area (Å²) < 4.78 is 0. The Kier molecular flexibility index (Phi) is 7.54. The largest absolute Gasteiger partial charge is 0.480 e. The van der Waals surface area contributed by atoms with Crippen LogP contribution < -0.4 is 10.6 Å². The number of anilines is 1. The second-order valence-electron chi connectivity index (χ2n) is 7.69. The lowest BCUT2D eigenvalue weighted by atomic mass is 9.92. The maximum atomic E-state index is 12.0. The van der Waals surface area contributed by atoms with Gasteiger partial charge in [0, 0.05) is 11.8 Å². The van der Waals surface area contributed by atoms with Crippen LogP contribution in [0.25, 0.3) is 0 Å². The lowest BCUT2D eigenvalue weighted by Gasteiger charge is -2.16. The number of carboxylic acid groups (broad SMARTS) is 1. The second-order valence-corrected chi connectivity index (χ2v) is 8.55. The topological polar surface area (TPSA) is 108 Å². The zero-order valence-corrected chi connectivity index (χ0v) is 16.2. The third-order valence-electron chi connectivity index (χ3n) is 3.17. The molecule has 25 heavy (non-hydrogen) atoms. The highest BCUT2D eigenvalue weighted by molar-refractivity contribution is 7.13. The standard InChI is InChI=1S/C17H27N3O4S/c1-10(2)6-12(15(23)24)19-13(21)7-11-9-25-16(18-11)20-14(22)8-17(3,4)5/h9-10,12H,6-8H2,1-5H3,(H,19,21)(H,23,24)(H,18,20,22). The highest BCUT2D eigenvalue weighted by Gasteiger charge is 2.22. The molecule has 2 amide bonds. The van der Waals surface area contributed by atoms with E-state index in [9.17, 15) is 14.4 Å². The molecule has 0 aliphatic carbocycles. The molecule has 0 aliphatic heterocycles. The molecule has 1 aromatic heterocycles. The van der Waals surface area contributed by atoms with Gasteiger partial charge in [0.2, 0.25) is 11.8 Å². The molecule has 1 unspecified atom stereocenters. The molecule has 3 N–H and O–H groups in total. The number of nitrogens with zero attached hydrogens (tertiary/aromatic N) is 1. The molecular formula is C17H27N3O4S. The number of rotatable bonds is 8. The van der Waals surface area contributed by atoms with Gasteiger partial charge in [0.15, 0.2) is 5.13 Å². The van der Waals surface area contributed by atoms with Crippen molar-refractivity contribution in [2.45, 2.75) is 59.9 Å². The number of amides is 2. The fraction of sp³-hybridized carbons (Fsp3) is 0.647. The van der Waals surface area contributed by atoms with E-state index < -0.39 is 17.9 Å². The van der Waals surface area contributed by atoms with Crippen LogP contribution in [0.2, 0.25) is 0 Å². The zero-order valence-electron chi connectivity index (χ0n) is 15.4. The van der Waals surface area contributed by atoms with E-state index in [0.29, 0.717) is 23.7 Å². The number of aliphatic carboxylic acids is 1. The maximum absolute atomic E-state index is 12.0. The number of carbonyl (C=O) groups excluding carboxylic acids is 2. The summed E-state index contributed by atoms with van der Waals surface area (Å²) in [6, 6.07) is -0.905. The van der Waals surface area contributed by atoms with E-state index in [0.717, 1.165) is 0 Å². The van der Waals surface area contributed by atoms with E-state index >= 15 is 0 Å². The fourth-order valence-electron chi connectivity index (χ4n) is 2.19. The summed E-state index contributed by atoms with van der Waals surface area (Å²) >= 11 is 1.24. The van der Waals surface area contributed by atoms with Crippen molar-refractivity contribution < 1.29 is 19.5 Å². The minimum Gasteiger partial charge on any atom is -0.480 e. The number of carboxylic acids is 1. The normalized spacial score (nSPS) is 12.7. The first kappa shape index (κ1) is 21.1. The van der Waals surface area contributed by atoms with Gasteiger partial charge in [-0.3, -0.25) is 9.59 Å². The van der Waals surface area contributed by atoms with Gasteiger partial charge in [0.05, 0.1) is 12.1 Å². The van der Waals surface area contributed by atoms with Crippen molar-refractivity contribution in [2.24, 2.45) is 11.3 Å². The monoisotopic (exact) mass is 369 g/mol. The predicted octanol–water partition coefficient (Wildman–Crippen LogP) is 2.68. The molecule has 1 aromatic rings. The quantitative estimate of drug-likeness (QED) is 0.653. The van der Waals surface area contributed by atoms with Crippen LogP contribution in [-0.4, -0.2) is 33.9 Å². The lowest BCUT2D eigenvalue weighted by molar-refractivity contribution is -0.142. The van der Waals surface area contributed by atoms with E-state index in [1.165, 1.54) is 11.3 Å². The van der Waals surface area contributed by atoms with E-state index in [4.69, 9.17) is 5.11 Å². The molecule has 1 rings (SSSR count). The Morgan fingerprint density at radius 2 is 1.88 bits per heavy atom. The van der Waals surface area contributed by atoms with Crippen LogP contribution in [-0.2, 0) is 20.8 Å². The number of hydrogen-bond donors (Lipinski definition) is 3. The number of thiazole rings is 1. The molecule has 1 atom stereocenters. The fourth-order valence-corrected chi connectivity index (χ4v) is 2.92. The van der Waals surface area contributed by atoms with E-state index in [1.54, 1.807) is 5.38 Å². The molecule has 0 aromatic carbocycles.